The van der Waals surface area contributed by atoms with Crippen molar-refractivity contribution in [3.8, 4) is 0 Å². The Morgan fingerprint density at radius 1 is 1.05 bits per heavy atom. The summed E-state index contributed by atoms with van der Waals surface area (Å²) in [5, 5.41) is 4.99. The molecule has 0 spiro atoms. The smallest absolute Gasteiger partial charge is 0.255 e. The zero-order chi connectivity index (χ0) is 15.6. The molecule has 2 rings (SSSR count). The first kappa shape index (κ1) is 15.8. The monoisotopic (exact) mass is 318 g/mol. The van der Waals surface area contributed by atoms with Gasteiger partial charge in [0.25, 0.3) is 5.91 Å². The van der Waals surface area contributed by atoms with E-state index >= 15 is 0 Å². The van der Waals surface area contributed by atoms with Crippen LogP contribution in [0.25, 0.3) is 0 Å². The minimum atomic E-state index is -4.32. The van der Waals surface area contributed by atoms with Gasteiger partial charge < -0.3 is 4.90 Å². The van der Waals surface area contributed by atoms with Crippen LogP contribution >= 0.6 is 0 Å². The summed E-state index contributed by atoms with van der Waals surface area (Å²) >= 11 is 0. The summed E-state index contributed by atoms with van der Waals surface area (Å²) in [5.41, 5.74) is -0.418. The van der Waals surface area contributed by atoms with Crippen molar-refractivity contribution in [1.82, 2.24) is 4.90 Å². The summed E-state index contributed by atoms with van der Waals surface area (Å²) in [4.78, 5) is 13.2. The molecule has 0 saturated carbocycles. The summed E-state index contributed by atoms with van der Waals surface area (Å²) in [5.74, 6) is -3.27. The van der Waals surface area contributed by atoms with E-state index in [1.807, 2.05) is 0 Å². The molecule has 0 radical (unpaired) electrons. The van der Waals surface area contributed by atoms with Gasteiger partial charge >= 0.3 is 0 Å². The first-order valence-electron chi connectivity index (χ1n) is 6.62. The van der Waals surface area contributed by atoms with Gasteiger partial charge in [-0.3, -0.25) is 4.79 Å². The number of nitrogens with two attached hydrogens (primary N) is 1. The van der Waals surface area contributed by atoms with E-state index in [1.54, 1.807) is 0 Å². The molecule has 1 heterocycles. The number of rotatable bonds is 2. The molecule has 0 unspecified atom stereocenters. The minimum Gasteiger partial charge on any atom is -0.339 e. The van der Waals surface area contributed by atoms with Crippen LogP contribution in [-0.4, -0.2) is 32.3 Å². The number of carbonyl (C=O) groups is 1. The average molecular weight is 318 g/mol. The molecule has 116 valence electrons. The van der Waals surface area contributed by atoms with Crippen LogP contribution in [0.2, 0.25) is 0 Å². The van der Waals surface area contributed by atoms with Crippen LogP contribution in [-0.2, 0) is 10.0 Å². The highest BCUT2D eigenvalue weighted by Crippen LogP contribution is 2.22. The molecule has 0 aromatic heterocycles. The normalized spacial score (nSPS) is 16.6. The van der Waals surface area contributed by atoms with Crippen LogP contribution in [0.1, 0.15) is 36.0 Å². The number of likely N-dealkylation sites (tertiary alicyclic amines) is 1. The number of sulfonamides is 1. The van der Waals surface area contributed by atoms with E-state index in [1.165, 1.54) is 4.90 Å². The number of halogens is 2. The van der Waals surface area contributed by atoms with E-state index in [4.69, 9.17) is 5.14 Å². The summed E-state index contributed by atoms with van der Waals surface area (Å²) in [7, 11) is -4.32. The van der Waals surface area contributed by atoms with Crippen molar-refractivity contribution >= 4 is 15.9 Å². The van der Waals surface area contributed by atoms with Gasteiger partial charge in [0.2, 0.25) is 10.0 Å². The first-order chi connectivity index (χ1) is 9.80. The van der Waals surface area contributed by atoms with Crippen molar-refractivity contribution in [1.29, 1.82) is 0 Å². The van der Waals surface area contributed by atoms with Gasteiger partial charge in [0.1, 0.15) is 0 Å². The highest BCUT2D eigenvalue weighted by atomic mass is 32.2. The Kier molecular flexibility index (Phi) is 4.58. The van der Waals surface area contributed by atoms with Crippen LogP contribution in [0, 0.1) is 11.6 Å². The van der Waals surface area contributed by atoms with Gasteiger partial charge in [0, 0.05) is 13.1 Å². The van der Waals surface area contributed by atoms with Gasteiger partial charge in [-0.25, -0.2) is 22.3 Å². The van der Waals surface area contributed by atoms with Gasteiger partial charge in [-0.05, 0) is 25.0 Å². The lowest BCUT2D eigenvalue weighted by Crippen LogP contribution is -2.33. The van der Waals surface area contributed by atoms with Crippen molar-refractivity contribution in [2.24, 2.45) is 5.14 Å². The molecule has 0 atom stereocenters. The Labute approximate surface area is 121 Å². The lowest BCUT2D eigenvalue weighted by molar-refractivity contribution is 0.0757. The van der Waals surface area contributed by atoms with E-state index in [2.05, 4.69) is 0 Å². The molecule has 1 saturated heterocycles. The van der Waals surface area contributed by atoms with E-state index in [-0.39, 0.29) is 0 Å². The maximum absolute atomic E-state index is 13.4. The fourth-order valence-electron chi connectivity index (χ4n) is 2.38. The molecule has 0 bridgehead atoms. The molecule has 21 heavy (non-hydrogen) atoms. The van der Waals surface area contributed by atoms with E-state index in [9.17, 15) is 22.0 Å². The summed E-state index contributed by atoms with van der Waals surface area (Å²) < 4.78 is 49.6. The topological polar surface area (TPSA) is 80.5 Å². The second-order valence-corrected chi connectivity index (χ2v) is 6.54. The molecule has 5 nitrogen and oxygen atoms in total. The van der Waals surface area contributed by atoms with Crippen LogP contribution in [0.4, 0.5) is 8.78 Å². The second kappa shape index (κ2) is 6.07. The quantitative estimate of drug-likeness (QED) is 0.900. The fraction of sp³-hybridized carbons (Fsp3) is 0.462. The predicted octanol–water partition coefficient (Wildman–Crippen LogP) is 1.63. The van der Waals surface area contributed by atoms with E-state index in [0.29, 0.717) is 25.2 Å². The summed E-state index contributed by atoms with van der Waals surface area (Å²) in [6, 6.07) is 1.05. The molecule has 1 fully saturated rings. The highest BCUT2D eigenvalue weighted by molar-refractivity contribution is 7.89. The number of carbonyl (C=O) groups excluding carboxylic acids is 1. The summed E-state index contributed by atoms with van der Waals surface area (Å²) in [6.07, 6.45) is 3.54. The van der Waals surface area contributed by atoms with Crippen molar-refractivity contribution < 1.29 is 22.0 Å². The molecule has 1 amide bonds. The number of hydrogen-bond donors (Lipinski definition) is 1. The molecular weight excluding hydrogens is 302 g/mol. The first-order valence-corrected chi connectivity index (χ1v) is 8.16. The van der Waals surface area contributed by atoms with Gasteiger partial charge in [-0.2, -0.15) is 0 Å². The third kappa shape index (κ3) is 3.56. The molecule has 1 aliphatic rings. The Balaban J connectivity index is 2.46. The third-order valence-electron chi connectivity index (χ3n) is 3.45. The SMILES string of the molecule is NS(=O)(=O)c1cc(F)c(F)cc1C(=O)N1CCCCCC1. The largest absolute Gasteiger partial charge is 0.339 e. The zero-order valence-corrected chi connectivity index (χ0v) is 12.1. The van der Waals surface area contributed by atoms with Crippen molar-refractivity contribution in [2.75, 3.05) is 13.1 Å². The lowest BCUT2D eigenvalue weighted by atomic mass is 10.1. The molecule has 0 aliphatic carbocycles. The third-order valence-corrected chi connectivity index (χ3v) is 4.40. The van der Waals surface area contributed by atoms with Gasteiger partial charge in [-0.1, -0.05) is 12.8 Å². The summed E-state index contributed by atoms with van der Waals surface area (Å²) in [6.45, 7) is 0.920. The average Bonchev–Trinajstić information content (AvgIpc) is 2.68. The van der Waals surface area contributed by atoms with Gasteiger partial charge in [0.05, 0.1) is 10.5 Å². The van der Waals surface area contributed by atoms with Crippen LogP contribution in [0.3, 0.4) is 0 Å². The maximum atomic E-state index is 13.4. The molecular formula is C13H16F2N2O3S. The van der Waals surface area contributed by atoms with E-state index < -0.39 is 38.0 Å². The number of primary sulfonamides is 1. The van der Waals surface area contributed by atoms with Gasteiger partial charge in [-0.15, -0.1) is 0 Å². The number of amides is 1. The second-order valence-electron chi connectivity index (χ2n) is 5.01. The molecule has 1 aromatic carbocycles. The zero-order valence-electron chi connectivity index (χ0n) is 11.3. The Bertz CT molecular complexity index is 654. The molecule has 1 aliphatic heterocycles. The standard InChI is InChI=1S/C13H16F2N2O3S/c14-10-7-9(12(8-11(10)15)21(16,19)20)13(18)17-5-3-1-2-4-6-17/h7-8H,1-6H2,(H2,16,19,20). The number of hydrogen-bond acceptors (Lipinski definition) is 3. The minimum absolute atomic E-state index is 0.418. The Morgan fingerprint density at radius 2 is 1.57 bits per heavy atom. The van der Waals surface area contributed by atoms with E-state index in [0.717, 1.165) is 25.7 Å². The maximum Gasteiger partial charge on any atom is 0.255 e. The molecule has 8 heteroatoms. The van der Waals surface area contributed by atoms with Crippen molar-refractivity contribution in [3.05, 3.63) is 29.3 Å². The van der Waals surface area contributed by atoms with Crippen molar-refractivity contribution in [3.63, 3.8) is 0 Å². The highest BCUT2D eigenvalue weighted by Gasteiger charge is 2.26. The molecule has 2 N–H and O–H groups in total. The predicted molar refractivity (Wildman–Crippen MR) is 72.1 cm³/mol. The molecule has 1 aromatic rings. The Morgan fingerprint density at radius 3 is 2.10 bits per heavy atom. The van der Waals surface area contributed by atoms with Crippen LogP contribution in [0.5, 0.6) is 0 Å². The van der Waals surface area contributed by atoms with Crippen LogP contribution < -0.4 is 5.14 Å². The van der Waals surface area contributed by atoms with Gasteiger partial charge in [0.15, 0.2) is 11.6 Å². The number of benzene rings is 1. The Hall–Kier alpha value is -1.54. The van der Waals surface area contributed by atoms with Crippen LogP contribution in [0.15, 0.2) is 17.0 Å². The van der Waals surface area contributed by atoms with Crippen molar-refractivity contribution in [2.45, 2.75) is 30.6 Å². The number of nitrogens with zero attached hydrogens (tertiary/aromatic N) is 1. The lowest BCUT2D eigenvalue weighted by Gasteiger charge is -2.21. The fourth-order valence-corrected chi connectivity index (χ4v) is 3.10.